The van der Waals surface area contributed by atoms with Gasteiger partial charge in [-0.15, -0.1) is 0 Å². The van der Waals surface area contributed by atoms with Gasteiger partial charge in [-0.25, -0.2) is 0 Å². The van der Waals surface area contributed by atoms with Crippen molar-refractivity contribution in [2.45, 2.75) is 37.6 Å². The van der Waals surface area contributed by atoms with Crippen molar-refractivity contribution < 1.29 is 10.1 Å². The molecule has 6 nitrogen and oxygen atoms in total. The zero-order valence-electron chi connectivity index (χ0n) is 16.1. The summed E-state index contributed by atoms with van der Waals surface area (Å²) in [6.45, 7) is 5.20. The monoisotopic (exact) mass is 395 g/mol. The van der Waals surface area contributed by atoms with Crippen molar-refractivity contribution in [3.63, 3.8) is 0 Å². The van der Waals surface area contributed by atoms with Gasteiger partial charge < -0.3 is 28.4 Å². The number of rotatable bonds is 3. The van der Waals surface area contributed by atoms with E-state index >= 15 is 0 Å². The van der Waals surface area contributed by atoms with Gasteiger partial charge in [-0.3, -0.25) is 4.98 Å². The van der Waals surface area contributed by atoms with Crippen LogP contribution < -0.4 is 15.8 Å². The van der Waals surface area contributed by atoms with Crippen molar-refractivity contribution in [1.82, 2.24) is 4.98 Å². The van der Waals surface area contributed by atoms with Crippen molar-refractivity contribution in [3.8, 4) is 29.0 Å². The van der Waals surface area contributed by atoms with E-state index in [-0.39, 0.29) is 22.0 Å². The number of nitrogen functional groups attached to an aromatic ring is 1. The topological polar surface area (TPSA) is 112 Å². The van der Waals surface area contributed by atoms with Crippen LogP contribution in [0.25, 0.3) is 11.1 Å². The number of ether oxygens (including phenoxy) is 1. The fourth-order valence-corrected chi connectivity index (χ4v) is 3.29. The Labute approximate surface area is 171 Å². The fourth-order valence-electron chi connectivity index (χ4n) is 3.05. The Morgan fingerprint density at radius 3 is 2.21 bits per heavy atom. The molecule has 28 heavy (non-hydrogen) atoms. The maximum atomic E-state index is 9.28. The molecule has 1 aliphatic heterocycles. The number of hydrogen-bond acceptors (Lipinski definition) is 6. The van der Waals surface area contributed by atoms with E-state index in [4.69, 9.17) is 23.1 Å². The lowest BCUT2D eigenvalue weighted by atomic mass is 9.97. The molecule has 0 saturated carbocycles. The van der Waals surface area contributed by atoms with E-state index in [1.54, 1.807) is 24.3 Å². The smallest absolute Gasteiger partial charge is 0.140 e. The Morgan fingerprint density at radius 2 is 1.68 bits per heavy atom. The van der Waals surface area contributed by atoms with Gasteiger partial charge in [-0.2, -0.15) is 10.5 Å². The van der Waals surface area contributed by atoms with Crippen LogP contribution >= 0.6 is 0 Å². The average molecular weight is 396 g/mol. The first-order chi connectivity index (χ1) is 13.6. The number of nitriles is 2. The van der Waals surface area contributed by atoms with Crippen LogP contribution in [0.3, 0.4) is 0 Å². The van der Waals surface area contributed by atoms with Crippen molar-refractivity contribution in [1.29, 1.82) is 10.5 Å². The Hall–Kier alpha value is -2.87. The molecule has 0 amide bonds. The number of anilines is 1. The van der Waals surface area contributed by atoms with Crippen LogP contribution in [0.1, 0.15) is 43.7 Å². The Morgan fingerprint density at radius 1 is 1.07 bits per heavy atom. The quantitative estimate of drug-likeness (QED) is 0.772. The molecular weight excluding hydrogens is 370 g/mol. The highest BCUT2D eigenvalue weighted by atomic mass is 32.1. The molecule has 0 spiro atoms. The predicted octanol–water partition coefficient (Wildman–Crippen LogP) is 2.50. The minimum atomic E-state index is 0.0328. The third-order valence-corrected chi connectivity index (χ3v) is 4.73. The standard InChI is InChI=1S/C15H12N4OS.C6H13N/c1-2-20-10-5-3-9(4-6-10)13-11(7-16)14(18)19-15(21)12(13)8-17;1-2-4-6-7-5-3-1/h3-6H,2H2,1H3,(H3,18,19,21);7H,1-6H2. The van der Waals surface area contributed by atoms with Gasteiger partial charge in [0.2, 0.25) is 0 Å². The Balaban J connectivity index is 0.000000336. The van der Waals surface area contributed by atoms with Crippen molar-refractivity contribution in [2.75, 3.05) is 25.4 Å². The van der Waals surface area contributed by atoms with Crippen LogP contribution in [0.4, 0.5) is 5.82 Å². The molecule has 0 bridgehead atoms. The maximum absolute atomic E-state index is 9.28. The van der Waals surface area contributed by atoms with E-state index in [1.807, 2.05) is 19.1 Å². The highest BCUT2D eigenvalue weighted by Crippen LogP contribution is 2.32. The lowest BCUT2D eigenvalue weighted by molar-refractivity contribution is -0.653. The second-order valence-electron chi connectivity index (χ2n) is 6.39. The summed E-state index contributed by atoms with van der Waals surface area (Å²) in [5, 5.41) is 21.1. The maximum Gasteiger partial charge on any atom is 0.140 e. The molecule has 1 aromatic heterocycles. The predicted molar refractivity (Wildman–Crippen MR) is 110 cm³/mol. The number of quaternary nitrogens is 1. The summed E-state index contributed by atoms with van der Waals surface area (Å²) in [4.78, 5) is 3.87. The average Bonchev–Trinajstić information content (AvgIpc) is 3.02. The molecule has 2 heterocycles. The van der Waals surface area contributed by atoms with Crippen LogP contribution in [0.2, 0.25) is 0 Å². The molecule has 2 aromatic rings. The number of nitrogens with two attached hydrogens (primary N) is 2. The first-order valence-corrected chi connectivity index (χ1v) is 9.88. The molecule has 1 aliphatic rings. The second kappa shape index (κ2) is 11.1. The summed E-state index contributed by atoms with van der Waals surface area (Å²) in [6, 6.07) is 11.0. The fraction of sp³-hybridized carbons (Fsp3) is 0.381. The van der Waals surface area contributed by atoms with E-state index in [1.165, 1.54) is 38.8 Å². The number of nitrogens with zero attached hydrogens (tertiary/aromatic N) is 3. The zero-order chi connectivity index (χ0) is 20.4. The first kappa shape index (κ1) is 21.4. The van der Waals surface area contributed by atoms with Crippen LogP contribution in [0.5, 0.6) is 5.75 Å². The summed E-state index contributed by atoms with van der Waals surface area (Å²) < 4.78 is 5.37. The summed E-state index contributed by atoms with van der Waals surface area (Å²) in [6.07, 6.45) is 5.83. The largest absolute Gasteiger partial charge is 0.759 e. The highest BCUT2D eigenvalue weighted by Gasteiger charge is 2.15. The molecule has 0 atom stereocenters. The summed E-state index contributed by atoms with van der Waals surface area (Å²) in [5.74, 6) is 0.740. The Kier molecular flexibility index (Phi) is 8.48. The lowest BCUT2D eigenvalue weighted by Gasteiger charge is -2.16. The number of aromatic nitrogens is 1. The highest BCUT2D eigenvalue weighted by molar-refractivity contribution is 7.58. The molecule has 0 radical (unpaired) electrons. The normalized spacial score (nSPS) is 13.2. The first-order valence-electron chi connectivity index (χ1n) is 9.47. The SMILES string of the molecule is C1CCC[NH2+]CC1.CCOc1ccc(-c2c(C#N)c(N)nc([S-])c2C#N)cc1. The number of benzene rings is 1. The van der Waals surface area contributed by atoms with E-state index in [0.29, 0.717) is 23.5 Å². The molecule has 146 valence electrons. The molecule has 1 aromatic carbocycles. The molecule has 1 saturated heterocycles. The van der Waals surface area contributed by atoms with Crippen molar-refractivity contribution in [3.05, 3.63) is 35.4 Å². The third kappa shape index (κ3) is 5.56. The van der Waals surface area contributed by atoms with Crippen LogP contribution in [-0.4, -0.2) is 24.7 Å². The molecule has 0 aliphatic carbocycles. The number of pyridine rings is 1. The van der Waals surface area contributed by atoms with E-state index < -0.39 is 0 Å². The molecule has 0 unspecified atom stereocenters. The van der Waals surface area contributed by atoms with E-state index in [0.717, 1.165) is 0 Å². The molecule has 1 fully saturated rings. The van der Waals surface area contributed by atoms with Gasteiger partial charge in [0.05, 0.1) is 31.3 Å². The van der Waals surface area contributed by atoms with Gasteiger partial charge in [0, 0.05) is 5.56 Å². The van der Waals surface area contributed by atoms with Crippen molar-refractivity contribution >= 4 is 18.4 Å². The van der Waals surface area contributed by atoms with Gasteiger partial charge in [0.25, 0.3) is 0 Å². The minimum Gasteiger partial charge on any atom is -0.759 e. The van der Waals surface area contributed by atoms with Gasteiger partial charge in [-0.05, 0) is 50.3 Å². The number of hydrogen-bond donors (Lipinski definition) is 2. The molecule has 4 N–H and O–H groups in total. The van der Waals surface area contributed by atoms with Gasteiger partial charge >= 0.3 is 0 Å². The second-order valence-corrected chi connectivity index (χ2v) is 6.78. The van der Waals surface area contributed by atoms with Crippen LogP contribution in [0, 0.1) is 22.7 Å². The lowest BCUT2D eigenvalue weighted by Crippen LogP contribution is -2.83. The summed E-state index contributed by atoms with van der Waals surface area (Å²) >= 11 is 5.05. The van der Waals surface area contributed by atoms with Crippen LogP contribution in [-0.2, 0) is 12.6 Å². The van der Waals surface area contributed by atoms with E-state index in [9.17, 15) is 10.5 Å². The van der Waals surface area contributed by atoms with Gasteiger partial charge in [0.15, 0.2) is 0 Å². The summed E-state index contributed by atoms with van der Waals surface area (Å²) in [5.41, 5.74) is 7.16. The summed E-state index contributed by atoms with van der Waals surface area (Å²) in [7, 11) is 0. The van der Waals surface area contributed by atoms with E-state index in [2.05, 4.69) is 10.3 Å². The molecular formula is C21H25N5OS. The Bertz CT molecular complexity index is 810. The molecule has 3 rings (SSSR count). The zero-order valence-corrected chi connectivity index (χ0v) is 16.9. The minimum absolute atomic E-state index is 0.0328. The molecule has 7 heteroatoms. The van der Waals surface area contributed by atoms with Gasteiger partial charge in [-0.1, -0.05) is 17.2 Å². The van der Waals surface area contributed by atoms with Gasteiger partial charge in [0.1, 0.15) is 23.2 Å². The van der Waals surface area contributed by atoms with Crippen LogP contribution in [0.15, 0.2) is 29.3 Å². The van der Waals surface area contributed by atoms with Crippen molar-refractivity contribution in [2.24, 2.45) is 0 Å². The third-order valence-electron chi connectivity index (χ3n) is 4.44.